The molecule has 6 nitrogen and oxygen atoms in total. The largest absolute Gasteiger partial charge is 0.493 e. The average molecular weight is 341 g/mol. The summed E-state index contributed by atoms with van der Waals surface area (Å²) in [7, 11) is 4.30. The molecule has 0 unspecified atom stereocenters. The third-order valence-electron chi connectivity index (χ3n) is 3.41. The van der Waals surface area contributed by atoms with Crippen LogP contribution in [-0.4, -0.2) is 33.2 Å². The minimum absolute atomic E-state index is 0.0172. The molecule has 1 N–H and O–H groups in total. The number of amides is 1. The number of ether oxygens (including phenoxy) is 3. The minimum atomic E-state index is -0.654. The van der Waals surface area contributed by atoms with Gasteiger partial charge in [-0.1, -0.05) is 24.3 Å². The zero-order valence-corrected chi connectivity index (χ0v) is 14.2. The Bertz CT molecular complexity index is 784. The fourth-order valence-electron chi connectivity index (χ4n) is 2.15. The third-order valence-corrected chi connectivity index (χ3v) is 3.41. The fourth-order valence-corrected chi connectivity index (χ4v) is 2.15. The maximum Gasteiger partial charge on any atom is 0.354 e. The summed E-state index contributed by atoms with van der Waals surface area (Å²) in [6.07, 6.45) is 1.51. The average Bonchev–Trinajstić information content (AvgIpc) is 2.67. The van der Waals surface area contributed by atoms with Crippen LogP contribution in [0.5, 0.6) is 11.5 Å². The van der Waals surface area contributed by atoms with Crippen molar-refractivity contribution in [3.63, 3.8) is 0 Å². The number of methoxy groups -OCH3 is 3. The van der Waals surface area contributed by atoms with Crippen molar-refractivity contribution in [2.75, 3.05) is 21.3 Å². The smallest absolute Gasteiger partial charge is 0.354 e. The molecule has 2 aromatic rings. The third kappa shape index (κ3) is 4.60. The Morgan fingerprint density at radius 3 is 2.20 bits per heavy atom. The van der Waals surface area contributed by atoms with Crippen molar-refractivity contribution in [2.24, 2.45) is 0 Å². The molecule has 0 aliphatic carbocycles. The second-order valence-electron chi connectivity index (χ2n) is 4.98. The second kappa shape index (κ2) is 8.54. The van der Waals surface area contributed by atoms with E-state index >= 15 is 0 Å². The van der Waals surface area contributed by atoms with Gasteiger partial charge in [-0.05, 0) is 35.9 Å². The highest BCUT2D eigenvalue weighted by Gasteiger charge is 2.15. The lowest BCUT2D eigenvalue weighted by atomic mass is 10.1. The molecule has 2 aromatic carbocycles. The van der Waals surface area contributed by atoms with Crippen molar-refractivity contribution in [1.82, 2.24) is 5.32 Å². The van der Waals surface area contributed by atoms with Crippen LogP contribution in [0.15, 0.2) is 54.2 Å². The topological polar surface area (TPSA) is 73.9 Å². The van der Waals surface area contributed by atoms with Crippen LogP contribution in [0, 0.1) is 0 Å². The maximum atomic E-state index is 12.3. The molecule has 2 rings (SSSR count). The first-order valence-electron chi connectivity index (χ1n) is 7.47. The summed E-state index contributed by atoms with van der Waals surface area (Å²) in [4.78, 5) is 24.3. The Morgan fingerprint density at radius 2 is 1.60 bits per heavy atom. The molecule has 0 heterocycles. The highest BCUT2D eigenvalue weighted by Crippen LogP contribution is 2.28. The number of benzene rings is 2. The van der Waals surface area contributed by atoms with E-state index in [4.69, 9.17) is 14.2 Å². The molecule has 0 spiro atoms. The normalized spacial score (nSPS) is 10.8. The molecule has 0 aromatic heterocycles. The zero-order chi connectivity index (χ0) is 18.2. The highest BCUT2D eigenvalue weighted by atomic mass is 16.5. The maximum absolute atomic E-state index is 12.3. The number of carbonyl (C=O) groups excluding carboxylic acids is 2. The Balaban J connectivity index is 2.32. The van der Waals surface area contributed by atoms with Gasteiger partial charge in [0.15, 0.2) is 11.5 Å². The Kier molecular flexibility index (Phi) is 6.17. The lowest BCUT2D eigenvalue weighted by Gasteiger charge is -2.10. The lowest BCUT2D eigenvalue weighted by molar-refractivity contribution is -0.136. The number of carbonyl (C=O) groups is 2. The van der Waals surface area contributed by atoms with E-state index in [0.717, 1.165) is 0 Å². The van der Waals surface area contributed by atoms with Crippen molar-refractivity contribution in [3.8, 4) is 11.5 Å². The predicted octanol–water partition coefficient (Wildman–Crippen LogP) is 2.65. The quantitative estimate of drug-likeness (QED) is 0.646. The van der Waals surface area contributed by atoms with Gasteiger partial charge >= 0.3 is 5.97 Å². The molecular formula is C19H19NO5. The molecule has 0 bridgehead atoms. The lowest BCUT2D eigenvalue weighted by Crippen LogP contribution is -2.28. The van der Waals surface area contributed by atoms with E-state index in [1.165, 1.54) is 27.4 Å². The van der Waals surface area contributed by atoms with Gasteiger partial charge in [0, 0.05) is 5.56 Å². The Hall–Kier alpha value is -3.28. The van der Waals surface area contributed by atoms with Gasteiger partial charge in [0.25, 0.3) is 5.91 Å². The number of rotatable bonds is 6. The Labute approximate surface area is 146 Å². The molecule has 25 heavy (non-hydrogen) atoms. The van der Waals surface area contributed by atoms with Crippen LogP contribution in [0.2, 0.25) is 0 Å². The van der Waals surface area contributed by atoms with Gasteiger partial charge in [-0.15, -0.1) is 0 Å². The van der Waals surface area contributed by atoms with Gasteiger partial charge in [-0.25, -0.2) is 4.79 Å². The van der Waals surface area contributed by atoms with Crippen LogP contribution in [0.4, 0.5) is 0 Å². The fraction of sp³-hybridized carbons (Fsp3) is 0.158. The molecule has 0 atom stereocenters. The first-order chi connectivity index (χ1) is 12.1. The SMILES string of the molecule is COC(=O)/C(=C\c1ccc(OC)c(OC)c1)NC(=O)c1ccccc1. The molecule has 1 amide bonds. The van der Waals surface area contributed by atoms with E-state index in [1.807, 2.05) is 0 Å². The first-order valence-corrected chi connectivity index (χ1v) is 7.47. The van der Waals surface area contributed by atoms with Crippen LogP contribution in [0.3, 0.4) is 0 Å². The number of nitrogens with one attached hydrogen (secondary N) is 1. The first kappa shape index (κ1) is 18.1. The van der Waals surface area contributed by atoms with E-state index in [0.29, 0.717) is 22.6 Å². The second-order valence-corrected chi connectivity index (χ2v) is 4.98. The van der Waals surface area contributed by atoms with Crippen molar-refractivity contribution < 1.29 is 23.8 Å². The van der Waals surface area contributed by atoms with E-state index in [-0.39, 0.29) is 5.70 Å². The molecule has 0 aliphatic heterocycles. The predicted molar refractivity (Wildman–Crippen MR) is 93.4 cm³/mol. The summed E-state index contributed by atoms with van der Waals surface area (Å²) in [5, 5.41) is 2.57. The van der Waals surface area contributed by atoms with Gasteiger partial charge in [0.05, 0.1) is 21.3 Å². The van der Waals surface area contributed by atoms with Crippen molar-refractivity contribution in [1.29, 1.82) is 0 Å². The van der Waals surface area contributed by atoms with Gasteiger partial charge in [0.1, 0.15) is 5.70 Å². The number of esters is 1. The molecule has 0 radical (unpaired) electrons. The van der Waals surface area contributed by atoms with E-state index in [1.54, 1.807) is 48.5 Å². The monoisotopic (exact) mass is 341 g/mol. The highest BCUT2D eigenvalue weighted by molar-refractivity contribution is 6.03. The van der Waals surface area contributed by atoms with E-state index < -0.39 is 11.9 Å². The zero-order valence-electron chi connectivity index (χ0n) is 14.2. The minimum Gasteiger partial charge on any atom is -0.493 e. The summed E-state index contributed by atoms with van der Waals surface area (Å²) in [5.41, 5.74) is 1.10. The molecular weight excluding hydrogens is 322 g/mol. The molecule has 0 saturated carbocycles. The van der Waals surface area contributed by atoms with Crippen LogP contribution < -0.4 is 14.8 Å². The van der Waals surface area contributed by atoms with E-state index in [9.17, 15) is 9.59 Å². The van der Waals surface area contributed by atoms with Crippen LogP contribution in [0.1, 0.15) is 15.9 Å². The van der Waals surface area contributed by atoms with Crippen LogP contribution in [0.25, 0.3) is 6.08 Å². The van der Waals surface area contributed by atoms with Gasteiger partial charge in [-0.3, -0.25) is 4.79 Å². The summed E-state index contributed by atoms with van der Waals surface area (Å²) >= 11 is 0. The van der Waals surface area contributed by atoms with Gasteiger partial charge in [0.2, 0.25) is 0 Å². The van der Waals surface area contributed by atoms with Crippen LogP contribution in [-0.2, 0) is 9.53 Å². The standard InChI is InChI=1S/C19H19NO5/c1-23-16-10-9-13(12-17(16)24-2)11-15(19(22)25-3)20-18(21)14-7-5-4-6-8-14/h4-12H,1-3H3,(H,20,21)/b15-11+. The summed E-state index contributed by atoms with van der Waals surface area (Å²) in [6, 6.07) is 13.7. The van der Waals surface area contributed by atoms with Crippen LogP contribution >= 0.6 is 0 Å². The Morgan fingerprint density at radius 1 is 0.920 bits per heavy atom. The van der Waals surface area contributed by atoms with Crippen molar-refractivity contribution in [2.45, 2.75) is 0 Å². The molecule has 0 saturated heterocycles. The molecule has 0 aliphatic rings. The number of hydrogen-bond acceptors (Lipinski definition) is 5. The van der Waals surface area contributed by atoms with Crippen molar-refractivity contribution in [3.05, 3.63) is 65.4 Å². The summed E-state index contributed by atoms with van der Waals surface area (Å²) < 4.78 is 15.2. The number of hydrogen-bond donors (Lipinski definition) is 1. The molecule has 0 fully saturated rings. The van der Waals surface area contributed by atoms with Gasteiger partial charge in [-0.2, -0.15) is 0 Å². The van der Waals surface area contributed by atoms with Crippen molar-refractivity contribution >= 4 is 18.0 Å². The molecule has 130 valence electrons. The molecule has 6 heteroatoms. The van der Waals surface area contributed by atoms with E-state index in [2.05, 4.69) is 5.32 Å². The van der Waals surface area contributed by atoms with Gasteiger partial charge < -0.3 is 19.5 Å². The summed E-state index contributed by atoms with van der Waals surface area (Å²) in [5.74, 6) is 0.0132. The summed E-state index contributed by atoms with van der Waals surface area (Å²) in [6.45, 7) is 0.